The van der Waals surface area contributed by atoms with E-state index in [1.54, 1.807) is 0 Å². The van der Waals surface area contributed by atoms with Gasteiger partial charge in [0.1, 0.15) is 11.5 Å². The number of benzene rings is 1. The highest BCUT2D eigenvalue weighted by Crippen LogP contribution is 2.40. The third-order valence-corrected chi connectivity index (χ3v) is 3.62. The van der Waals surface area contributed by atoms with Gasteiger partial charge in [0.05, 0.1) is 6.33 Å². The Hall–Kier alpha value is -1.77. The highest BCUT2D eigenvalue weighted by molar-refractivity contribution is 5.70. The van der Waals surface area contributed by atoms with Crippen molar-refractivity contribution in [2.45, 2.75) is 38.6 Å². The van der Waals surface area contributed by atoms with Crippen LogP contribution in [0.5, 0.6) is 0 Å². The maximum Gasteiger partial charge on any atom is 0.131 e. The van der Waals surface area contributed by atoms with Gasteiger partial charge in [0.15, 0.2) is 0 Å². The van der Waals surface area contributed by atoms with E-state index in [1.807, 2.05) is 10.9 Å². The molecule has 0 amide bonds. The van der Waals surface area contributed by atoms with E-state index in [9.17, 15) is 0 Å². The molecule has 1 heterocycles. The Morgan fingerprint density at radius 2 is 1.89 bits per heavy atom. The van der Waals surface area contributed by atoms with Crippen LogP contribution in [0.1, 0.15) is 44.2 Å². The minimum Gasteiger partial charge on any atom is -0.383 e. The zero-order valence-corrected chi connectivity index (χ0v) is 10.9. The summed E-state index contributed by atoms with van der Waals surface area (Å²) in [6.07, 6.45) is 4.50. The van der Waals surface area contributed by atoms with Crippen molar-refractivity contribution in [1.82, 2.24) is 9.55 Å². The second kappa shape index (κ2) is 4.16. The largest absolute Gasteiger partial charge is 0.383 e. The molecule has 2 N–H and O–H groups in total. The second-order valence-electron chi connectivity index (χ2n) is 5.38. The number of hydrogen-bond acceptors (Lipinski definition) is 2. The van der Waals surface area contributed by atoms with Gasteiger partial charge in [-0.15, -0.1) is 0 Å². The molecule has 0 bridgehead atoms. The summed E-state index contributed by atoms with van der Waals surface area (Å²) in [4.78, 5) is 4.44. The molecule has 1 saturated carbocycles. The minimum absolute atomic E-state index is 0.344. The monoisotopic (exact) mass is 241 g/mol. The molecule has 0 spiro atoms. The molecular weight excluding hydrogens is 222 g/mol. The van der Waals surface area contributed by atoms with Gasteiger partial charge in [-0.2, -0.15) is 0 Å². The normalized spacial score (nSPS) is 15.3. The van der Waals surface area contributed by atoms with Crippen molar-refractivity contribution in [3.05, 3.63) is 36.2 Å². The Labute approximate surface area is 108 Å². The predicted octanol–water partition coefficient (Wildman–Crippen LogP) is 3.59. The molecule has 3 rings (SSSR count). The first kappa shape index (κ1) is 11.3. The summed E-state index contributed by atoms with van der Waals surface area (Å²) in [5.41, 5.74) is 9.59. The van der Waals surface area contributed by atoms with Crippen molar-refractivity contribution in [3.63, 3.8) is 0 Å². The van der Waals surface area contributed by atoms with Gasteiger partial charge in [-0.1, -0.05) is 24.3 Å². The number of imidazole rings is 1. The Morgan fingerprint density at radius 1 is 1.22 bits per heavy atom. The van der Waals surface area contributed by atoms with Gasteiger partial charge in [0.2, 0.25) is 0 Å². The lowest BCUT2D eigenvalue weighted by atomic mass is 10.1. The molecule has 0 atom stereocenters. The molecule has 1 fully saturated rings. The van der Waals surface area contributed by atoms with Crippen LogP contribution in [0.3, 0.4) is 0 Å². The lowest BCUT2D eigenvalue weighted by Crippen LogP contribution is -2.04. The summed E-state index contributed by atoms with van der Waals surface area (Å²) < 4.78 is 2.00. The van der Waals surface area contributed by atoms with Crippen LogP contribution < -0.4 is 5.73 Å². The van der Waals surface area contributed by atoms with Crippen molar-refractivity contribution in [1.29, 1.82) is 0 Å². The Morgan fingerprint density at radius 3 is 2.39 bits per heavy atom. The first-order valence-electron chi connectivity index (χ1n) is 6.59. The first-order chi connectivity index (χ1) is 8.66. The molecule has 0 saturated heterocycles. The van der Waals surface area contributed by atoms with Crippen molar-refractivity contribution >= 4 is 5.82 Å². The van der Waals surface area contributed by atoms with Crippen molar-refractivity contribution in [2.24, 2.45) is 0 Å². The highest BCUT2D eigenvalue weighted by atomic mass is 15.1. The van der Waals surface area contributed by atoms with E-state index in [0.29, 0.717) is 6.04 Å². The SMILES string of the molecule is CC(C)n1cnc(-c2ccc(C3CC3)cc2)c1N. The Balaban J connectivity index is 1.93. The van der Waals surface area contributed by atoms with Crippen molar-refractivity contribution in [2.75, 3.05) is 5.73 Å². The third kappa shape index (κ3) is 1.90. The maximum atomic E-state index is 6.15. The smallest absolute Gasteiger partial charge is 0.131 e. The van der Waals surface area contributed by atoms with E-state index >= 15 is 0 Å². The van der Waals surface area contributed by atoms with Crippen LogP contribution in [-0.4, -0.2) is 9.55 Å². The quantitative estimate of drug-likeness (QED) is 0.892. The Bertz CT molecular complexity index is 548. The molecule has 2 aromatic rings. The molecule has 0 unspecified atom stereocenters. The number of hydrogen-bond donors (Lipinski definition) is 1. The standard InChI is InChI=1S/C15H19N3/c1-10(2)18-9-17-14(15(18)16)13-7-5-12(6-8-13)11-3-4-11/h5-11H,3-4,16H2,1-2H3. The number of nitrogens with zero attached hydrogens (tertiary/aromatic N) is 2. The molecule has 1 aliphatic rings. The van der Waals surface area contributed by atoms with Gasteiger partial charge < -0.3 is 10.3 Å². The zero-order chi connectivity index (χ0) is 12.7. The minimum atomic E-state index is 0.344. The molecule has 3 nitrogen and oxygen atoms in total. The zero-order valence-electron chi connectivity index (χ0n) is 10.9. The van der Waals surface area contributed by atoms with Crippen LogP contribution in [0.4, 0.5) is 5.82 Å². The van der Waals surface area contributed by atoms with Crippen LogP contribution in [0, 0.1) is 0 Å². The molecule has 0 aliphatic heterocycles. The average molecular weight is 241 g/mol. The summed E-state index contributed by atoms with van der Waals surface area (Å²) in [5, 5.41) is 0. The molecule has 1 aliphatic carbocycles. The van der Waals surface area contributed by atoms with Crippen LogP contribution >= 0.6 is 0 Å². The molecule has 3 heteroatoms. The Kier molecular flexibility index (Phi) is 2.62. The van der Waals surface area contributed by atoms with Gasteiger partial charge in [0.25, 0.3) is 0 Å². The van der Waals surface area contributed by atoms with Crippen LogP contribution in [-0.2, 0) is 0 Å². The number of aromatic nitrogens is 2. The van der Waals surface area contributed by atoms with E-state index in [0.717, 1.165) is 23.0 Å². The predicted molar refractivity (Wildman–Crippen MR) is 74.4 cm³/mol. The molecule has 1 aromatic carbocycles. The van der Waals surface area contributed by atoms with Crippen LogP contribution in [0.2, 0.25) is 0 Å². The molecule has 1 aromatic heterocycles. The van der Waals surface area contributed by atoms with Gasteiger partial charge in [-0.25, -0.2) is 4.98 Å². The lowest BCUT2D eigenvalue weighted by molar-refractivity contribution is 0.607. The summed E-state index contributed by atoms with van der Waals surface area (Å²) in [6.45, 7) is 4.22. The molecular formula is C15H19N3. The molecule has 94 valence electrons. The fourth-order valence-corrected chi connectivity index (χ4v) is 2.33. The van der Waals surface area contributed by atoms with Gasteiger partial charge in [-0.05, 0) is 38.2 Å². The summed E-state index contributed by atoms with van der Waals surface area (Å²) in [6, 6.07) is 9.03. The topological polar surface area (TPSA) is 43.8 Å². The number of nitrogens with two attached hydrogens (primary N) is 1. The van der Waals surface area contributed by atoms with E-state index in [4.69, 9.17) is 5.73 Å². The summed E-state index contributed by atoms with van der Waals surface area (Å²) >= 11 is 0. The third-order valence-electron chi connectivity index (χ3n) is 3.62. The van der Waals surface area contributed by atoms with Crippen LogP contribution in [0.15, 0.2) is 30.6 Å². The van der Waals surface area contributed by atoms with Crippen LogP contribution in [0.25, 0.3) is 11.3 Å². The summed E-state index contributed by atoms with van der Waals surface area (Å²) in [5.74, 6) is 1.55. The number of rotatable bonds is 3. The van der Waals surface area contributed by atoms with Crippen molar-refractivity contribution < 1.29 is 0 Å². The van der Waals surface area contributed by atoms with Gasteiger partial charge in [0, 0.05) is 11.6 Å². The van der Waals surface area contributed by atoms with E-state index in [2.05, 4.69) is 43.1 Å². The van der Waals surface area contributed by atoms with Gasteiger partial charge in [-0.3, -0.25) is 0 Å². The summed E-state index contributed by atoms with van der Waals surface area (Å²) in [7, 11) is 0. The maximum absolute atomic E-state index is 6.15. The number of anilines is 1. The fraction of sp³-hybridized carbons (Fsp3) is 0.400. The first-order valence-corrected chi connectivity index (χ1v) is 6.59. The highest BCUT2D eigenvalue weighted by Gasteiger charge is 2.23. The van der Waals surface area contributed by atoms with Gasteiger partial charge >= 0.3 is 0 Å². The lowest BCUT2D eigenvalue weighted by Gasteiger charge is -2.09. The van der Waals surface area contributed by atoms with Crippen molar-refractivity contribution in [3.8, 4) is 11.3 Å². The number of nitrogen functional groups attached to an aromatic ring is 1. The average Bonchev–Trinajstić information content (AvgIpc) is 3.13. The molecule has 18 heavy (non-hydrogen) atoms. The second-order valence-corrected chi connectivity index (χ2v) is 5.38. The van der Waals surface area contributed by atoms with E-state index < -0.39 is 0 Å². The van der Waals surface area contributed by atoms with E-state index in [-0.39, 0.29) is 0 Å². The molecule has 0 radical (unpaired) electrons. The van der Waals surface area contributed by atoms with E-state index in [1.165, 1.54) is 18.4 Å². The fourth-order valence-electron chi connectivity index (χ4n) is 2.33.